The normalized spacial score (nSPS) is 33.1. The molecule has 0 radical (unpaired) electrons. The van der Waals surface area contributed by atoms with Gasteiger partial charge in [0.1, 0.15) is 0 Å². The van der Waals surface area contributed by atoms with Gasteiger partial charge >= 0.3 is 0 Å². The van der Waals surface area contributed by atoms with Gasteiger partial charge in [-0.05, 0) is 13.0 Å². The van der Waals surface area contributed by atoms with Crippen LogP contribution in [0, 0.1) is 0 Å². The van der Waals surface area contributed by atoms with Crippen molar-refractivity contribution >= 4 is 9.84 Å². The third-order valence-corrected chi connectivity index (χ3v) is 4.88. The van der Waals surface area contributed by atoms with Gasteiger partial charge in [0, 0.05) is 25.2 Å². The van der Waals surface area contributed by atoms with E-state index in [1.165, 1.54) is 0 Å². The molecule has 82 valence electrons. The molecule has 0 aromatic rings. The molecule has 2 saturated heterocycles. The quantitative estimate of drug-likeness (QED) is 0.692. The summed E-state index contributed by atoms with van der Waals surface area (Å²) < 4.78 is 22.4. The molecular weight excluding hydrogens is 200 g/mol. The highest BCUT2D eigenvalue weighted by molar-refractivity contribution is 7.91. The summed E-state index contributed by atoms with van der Waals surface area (Å²) in [4.78, 5) is 2.35. The lowest BCUT2D eigenvalue weighted by Gasteiger charge is -2.40. The zero-order valence-electron chi connectivity index (χ0n) is 8.57. The van der Waals surface area contributed by atoms with Gasteiger partial charge < -0.3 is 10.2 Å². The van der Waals surface area contributed by atoms with Crippen LogP contribution < -0.4 is 5.32 Å². The summed E-state index contributed by atoms with van der Waals surface area (Å²) in [7, 11) is -2.72. The Labute approximate surface area is 85.6 Å². The number of hydrogen-bond acceptors (Lipinski definition) is 4. The van der Waals surface area contributed by atoms with Crippen LogP contribution in [0.15, 0.2) is 0 Å². The van der Waals surface area contributed by atoms with E-state index in [0.717, 1.165) is 26.1 Å². The van der Waals surface area contributed by atoms with Crippen LogP contribution in [0.2, 0.25) is 0 Å². The Balaban J connectivity index is 1.73. The van der Waals surface area contributed by atoms with E-state index >= 15 is 0 Å². The summed E-state index contributed by atoms with van der Waals surface area (Å²) in [6, 6.07) is 0.734. The van der Waals surface area contributed by atoms with Gasteiger partial charge in [0.2, 0.25) is 0 Å². The van der Waals surface area contributed by atoms with E-state index < -0.39 is 9.84 Å². The molecule has 2 aliphatic heterocycles. The van der Waals surface area contributed by atoms with E-state index in [0.29, 0.717) is 17.5 Å². The van der Waals surface area contributed by atoms with Gasteiger partial charge in [0.05, 0.1) is 11.5 Å². The van der Waals surface area contributed by atoms with Gasteiger partial charge in [-0.1, -0.05) is 6.92 Å². The highest BCUT2D eigenvalue weighted by atomic mass is 32.2. The number of likely N-dealkylation sites (tertiary alicyclic amines) is 1. The molecule has 0 amide bonds. The number of hydrogen-bond donors (Lipinski definition) is 1. The molecule has 4 nitrogen and oxygen atoms in total. The zero-order chi connectivity index (χ0) is 10.2. The van der Waals surface area contributed by atoms with E-state index in [1.54, 1.807) is 0 Å². The molecule has 0 spiro atoms. The van der Waals surface area contributed by atoms with Crippen molar-refractivity contribution in [2.24, 2.45) is 0 Å². The Morgan fingerprint density at radius 3 is 2.57 bits per heavy atom. The summed E-state index contributed by atoms with van der Waals surface area (Å²) in [6.45, 7) is 5.40. The maximum Gasteiger partial charge on any atom is 0.151 e. The van der Waals surface area contributed by atoms with Crippen molar-refractivity contribution in [1.82, 2.24) is 10.2 Å². The molecule has 2 rings (SSSR count). The maximum atomic E-state index is 11.2. The second-order valence-corrected chi connectivity index (χ2v) is 6.54. The highest BCUT2D eigenvalue weighted by Crippen LogP contribution is 2.14. The Kier molecular flexibility index (Phi) is 2.81. The number of sulfone groups is 1. The fraction of sp³-hybridized carbons (Fsp3) is 1.00. The fourth-order valence-electron chi connectivity index (χ4n) is 2.19. The molecule has 2 heterocycles. The SMILES string of the molecule is CCN1CC(NC2CCS(=O)(=O)C2)C1. The summed E-state index contributed by atoms with van der Waals surface area (Å²) in [5.41, 5.74) is 0. The molecular formula is C9H18N2O2S. The van der Waals surface area contributed by atoms with Gasteiger partial charge in [0.15, 0.2) is 9.84 Å². The van der Waals surface area contributed by atoms with Crippen molar-refractivity contribution in [2.75, 3.05) is 31.1 Å². The van der Waals surface area contributed by atoms with Crippen LogP contribution in [-0.4, -0.2) is 56.5 Å². The van der Waals surface area contributed by atoms with Gasteiger partial charge in [0.25, 0.3) is 0 Å². The lowest BCUT2D eigenvalue weighted by Crippen LogP contribution is -2.60. The average Bonchev–Trinajstić information content (AvgIpc) is 2.37. The van der Waals surface area contributed by atoms with Crippen LogP contribution in [0.4, 0.5) is 0 Å². The van der Waals surface area contributed by atoms with Crippen molar-refractivity contribution < 1.29 is 8.42 Å². The van der Waals surface area contributed by atoms with Crippen molar-refractivity contribution in [2.45, 2.75) is 25.4 Å². The van der Waals surface area contributed by atoms with Crippen LogP contribution >= 0.6 is 0 Å². The first-order chi connectivity index (χ1) is 6.59. The minimum atomic E-state index is -2.72. The minimum Gasteiger partial charge on any atom is -0.308 e. The average molecular weight is 218 g/mol. The van der Waals surface area contributed by atoms with Gasteiger partial charge in [-0.15, -0.1) is 0 Å². The Morgan fingerprint density at radius 2 is 2.07 bits per heavy atom. The van der Waals surface area contributed by atoms with Crippen molar-refractivity contribution in [3.05, 3.63) is 0 Å². The molecule has 2 fully saturated rings. The first-order valence-electron chi connectivity index (χ1n) is 5.28. The minimum absolute atomic E-state index is 0.212. The van der Waals surface area contributed by atoms with Gasteiger partial charge in [-0.2, -0.15) is 0 Å². The molecule has 14 heavy (non-hydrogen) atoms. The monoisotopic (exact) mass is 218 g/mol. The molecule has 0 bridgehead atoms. The number of nitrogens with one attached hydrogen (secondary N) is 1. The molecule has 1 unspecified atom stereocenters. The molecule has 0 aromatic carbocycles. The van der Waals surface area contributed by atoms with Crippen LogP contribution in [0.5, 0.6) is 0 Å². The van der Waals surface area contributed by atoms with Crippen LogP contribution in [0.1, 0.15) is 13.3 Å². The van der Waals surface area contributed by atoms with Crippen molar-refractivity contribution in [3.63, 3.8) is 0 Å². The summed E-state index contributed by atoms with van der Waals surface area (Å²) >= 11 is 0. The molecule has 1 atom stereocenters. The summed E-state index contributed by atoms with van der Waals surface area (Å²) in [5, 5.41) is 3.41. The molecule has 0 aliphatic carbocycles. The van der Waals surface area contributed by atoms with Gasteiger partial charge in [-0.3, -0.25) is 0 Å². The Morgan fingerprint density at radius 1 is 1.36 bits per heavy atom. The van der Waals surface area contributed by atoms with Crippen LogP contribution in [0.25, 0.3) is 0 Å². The Bertz CT molecular complexity index is 296. The second-order valence-electron chi connectivity index (χ2n) is 4.32. The predicted molar refractivity (Wildman–Crippen MR) is 56.1 cm³/mol. The topological polar surface area (TPSA) is 49.4 Å². The highest BCUT2D eigenvalue weighted by Gasteiger charge is 2.32. The predicted octanol–water partition coefficient (Wildman–Crippen LogP) is -0.533. The number of rotatable bonds is 3. The maximum absolute atomic E-state index is 11.2. The third kappa shape index (κ3) is 2.27. The molecule has 2 aliphatic rings. The standard InChI is InChI=1S/C9H18N2O2S/c1-2-11-5-9(6-11)10-8-3-4-14(12,13)7-8/h8-10H,2-7H2,1H3. The zero-order valence-corrected chi connectivity index (χ0v) is 9.39. The summed E-state index contributed by atoms with van der Waals surface area (Å²) in [5.74, 6) is 0.713. The fourth-order valence-corrected chi connectivity index (χ4v) is 3.88. The van der Waals surface area contributed by atoms with E-state index in [2.05, 4.69) is 17.1 Å². The van der Waals surface area contributed by atoms with E-state index in [1.807, 2.05) is 0 Å². The molecule has 5 heteroatoms. The van der Waals surface area contributed by atoms with Crippen molar-refractivity contribution in [3.8, 4) is 0 Å². The van der Waals surface area contributed by atoms with E-state index in [4.69, 9.17) is 0 Å². The second kappa shape index (κ2) is 3.79. The van der Waals surface area contributed by atoms with E-state index in [-0.39, 0.29) is 6.04 Å². The number of likely N-dealkylation sites (N-methyl/N-ethyl adjacent to an activating group) is 1. The third-order valence-electron chi connectivity index (χ3n) is 3.11. The lowest BCUT2D eigenvalue weighted by atomic mass is 10.1. The Hall–Kier alpha value is -0.130. The molecule has 1 N–H and O–H groups in total. The lowest BCUT2D eigenvalue weighted by molar-refractivity contribution is 0.127. The van der Waals surface area contributed by atoms with E-state index in [9.17, 15) is 8.42 Å². The van der Waals surface area contributed by atoms with Gasteiger partial charge in [-0.25, -0.2) is 8.42 Å². The van der Waals surface area contributed by atoms with Crippen LogP contribution in [-0.2, 0) is 9.84 Å². The molecule has 0 saturated carbocycles. The number of nitrogens with zero attached hydrogens (tertiary/aromatic N) is 1. The van der Waals surface area contributed by atoms with Crippen molar-refractivity contribution in [1.29, 1.82) is 0 Å². The first-order valence-corrected chi connectivity index (χ1v) is 7.10. The smallest absolute Gasteiger partial charge is 0.151 e. The first kappa shape index (κ1) is 10.4. The largest absolute Gasteiger partial charge is 0.308 e. The summed E-state index contributed by atoms with van der Waals surface area (Å²) in [6.07, 6.45) is 0.797. The molecule has 0 aromatic heterocycles. The van der Waals surface area contributed by atoms with Crippen LogP contribution in [0.3, 0.4) is 0 Å².